The normalized spacial score (nSPS) is 11.0. The Kier molecular flexibility index (Phi) is 6.93. The number of hydrazone groups is 1. The number of aromatic nitrogens is 4. The van der Waals surface area contributed by atoms with E-state index in [1.165, 1.54) is 18.0 Å². The third-order valence-corrected chi connectivity index (χ3v) is 5.78. The first-order chi connectivity index (χ1) is 15.6. The first kappa shape index (κ1) is 21.7. The monoisotopic (exact) mass is 508 g/mol. The summed E-state index contributed by atoms with van der Waals surface area (Å²) < 4.78 is 2.85. The van der Waals surface area contributed by atoms with Crippen molar-refractivity contribution < 1.29 is 9.90 Å². The van der Waals surface area contributed by atoms with Crippen LogP contribution in [0.25, 0.3) is 17.1 Å². The van der Waals surface area contributed by atoms with Gasteiger partial charge in [-0.25, -0.2) is 5.43 Å². The summed E-state index contributed by atoms with van der Waals surface area (Å²) in [5.41, 5.74) is 4.70. The molecule has 160 valence electrons. The van der Waals surface area contributed by atoms with Gasteiger partial charge in [-0.05, 0) is 48.5 Å². The molecule has 1 amide bonds. The van der Waals surface area contributed by atoms with Gasteiger partial charge >= 0.3 is 0 Å². The Bertz CT molecular complexity index is 1250. The topological polar surface area (TPSA) is 105 Å². The molecule has 2 heterocycles. The van der Waals surface area contributed by atoms with Crippen molar-refractivity contribution in [3.8, 4) is 22.8 Å². The maximum absolute atomic E-state index is 12.3. The third kappa shape index (κ3) is 5.21. The van der Waals surface area contributed by atoms with E-state index in [4.69, 9.17) is 0 Å². The van der Waals surface area contributed by atoms with Gasteiger partial charge in [-0.3, -0.25) is 14.3 Å². The minimum absolute atomic E-state index is 0.0864. The van der Waals surface area contributed by atoms with E-state index in [1.807, 2.05) is 41.0 Å². The van der Waals surface area contributed by atoms with Crippen LogP contribution in [0.2, 0.25) is 0 Å². The summed E-state index contributed by atoms with van der Waals surface area (Å²) in [6, 6.07) is 18.2. The summed E-state index contributed by atoms with van der Waals surface area (Å²) >= 11 is 4.70. The Morgan fingerprint density at radius 2 is 1.84 bits per heavy atom. The van der Waals surface area contributed by atoms with E-state index in [1.54, 1.807) is 36.7 Å². The molecular formula is C22H17BrN6O2S. The van der Waals surface area contributed by atoms with Crippen LogP contribution in [0, 0.1) is 0 Å². The van der Waals surface area contributed by atoms with Crippen LogP contribution in [-0.2, 0) is 4.79 Å². The number of hydrogen-bond donors (Lipinski definition) is 2. The van der Waals surface area contributed by atoms with Crippen LogP contribution >= 0.6 is 27.7 Å². The predicted molar refractivity (Wildman–Crippen MR) is 127 cm³/mol. The molecule has 0 fully saturated rings. The van der Waals surface area contributed by atoms with Crippen molar-refractivity contribution in [2.24, 2.45) is 5.10 Å². The zero-order chi connectivity index (χ0) is 22.3. The molecule has 0 aliphatic rings. The molecule has 0 aliphatic heterocycles. The number of benzene rings is 2. The van der Waals surface area contributed by atoms with E-state index in [9.17, 15) is 9.90 Å². The number of para-hydroxylation sites is 1. The van der Waals surface area contributed by atoms with Crippen LogP contribution < -0.4 is 5.43 Å². The molecule has 10 heteroatoms. The highest BCUT2D eigenvalue weighted by Crippen LogP contribution is 2.28. The average molecular weight is 509 g/mol. The minimum atomic E-state index is -0.308. The number of thioether (sulfide) groups is 1. The summed E-state index contributed by atoms with van der Waals surface area (Å²) in [7, 11) is 0. The van der Waals surface area contributed by atoms with Crippen LogP contribution in [0.3, 0.4) is 0 Å². The van der Waals surface area contributed by atoms with Crippen molar-refractivity contribution in [2.75, 3.05) is 5.75 Å². The lowest BCUT2D eigenvalue weighted by Gasteiger charge is -2.10. The summed E-state index contributed by atoms with van der Waals surface area (Å²) in [6.45, 7) is 0. The molecule has 2 N–H and O–H groups in total. The maximum atomic E-state index is 12.3. The zero-order valence-electron chi connectivity index (χ0n) is 16.6. The Morgan fingerprint density at radius 1 is 1.09 bits per heavy atom. The number of rotatable bonds is 7. The van der Waals surface area contributed by atoms with Gasteiger partial charge in [0.2, 0.25) is 0 Å². The van der Waals surface area contributed by atoms with E-state index in [2.05, 4.69) is 41.6 Å². The fourth-order valence-electron chi connectivity index (χ4n) is 2.81. The van der Waals surface area contributed by atoms with Crippen LogP contribution in [0.15, 0.2) is 87.8 Å². The molecule has 4 rings (SSSR count). The molecule has 0 atom stereocenters. The molecule has 32 heavy (non-hydrogen) atoms. The number of carbonyl (C=O) groups excluding carboxylic acids is 1. The van der Waals surface area contributed by atoms with Gasteiger partial charge in [0.25, 0.3) is 5.91 Å². The second-order valence-electron chi connectivity index (χ2n) is 6.49. The molecule has 0 saturated carbocycles. The van der Waals surface area contributed by atoms with E-state index < -0.39 is 0 Å². The second kappa shape index (κ2) is 10.2. The largest absolute Gasteiger partial charge is 0.507 e. The van der Waals surface area contributed by atoms with Gasteiger partial charge in [0.1, 0.15) is 5.75 Å². The predicted octanol–water partition coefficient (Wildman–Crippen LogP) is 4.04. The van der Waals surface area contributed by atoms with Crippen LogP contribution in [0.1, 0.15) is 5.56 Å². The molecule has 0 aliphatic carbocycles. The lowest BCUT2D eigenvalue weighted by atomic mass is 10.2. The van der Waals surface area contributed by atoms with Crippen LogP contribution in [0.4, 0.5) is 0 Å². The quantitative estimate of drug-likeness (QED) is 0.221. The first-order valence-corrected chi connectivity index (χ1v) is 11.2. The van der Waals surface area contributed by atoms with Crippen molar-refractivity contribution in [1.29, 1.82) is 0 Å². The molecule has 0 saturated heterocycles. The smallest absolute Gasteiger partial charge is 0.250 e. The lowest BCUT2D eigenvalue weighted by Crippen LogP contribution is -2.20. The average Bonchev–Trinajstić information content (AvgIpc) is 3.24. The van der Waals surface area contributed by atoms with Crippen molar-refractivity contribution in [3.05, 3.63) is 83.1 Å². The molecule has 0 radical (unpaired) electrons. The van der Waals surface area contributed by atoms with Gasteiger partial charge < -0.3 is 5.11 Å². The number of hydrogen-bond acceptors (Lipinski definition) is 7. The van der Waals surface area contributed by atoms with E-state index in [0.29, 0.717) is 16.5 Å². The number of carbonyl (C=O) groups is 1. The van der Waals surface area contributed by atoms with Crippen LogP contribution in [-0.4, -0.2) is 42.7 Å². The minimum Gasteiger partial charge on any atom is -0.507 e. The van der Waals surface area contributed by atoms with Crippen LogP contribution in [0.5, 0.6) is 5.75 Å². The zero-order valence-corrected chi connectivity index (χ0v) is 19.0. The highest BCUT2D eigenvalue weighted by molar-refractivity contribution is 9.10. The van der Waals surface area contributed by atoms with Gasteiger partial charge in [-0.15, -0.1) is 10.2 Å². The summed E-state index contributed by atoms with van der Waals surface area (Å²) in [6.07, 6.45) is 4.78. The SMILES string of the molecule is O=C(CSc1nnc(-c2ccncc2)n1-c1ccc(Br)cc1)N/N=C\c1ccccc1O. The number of phenols is 1. The number of halogens is 1. The molecule has 0 spiro atoms. The molecule has 0 unspecified atom stereocenters. The molecule has 2 aromatic heterocycles. The number of amides is 1. The standard InChI is InChI=1S/C22H17BrN6O2S/c23-17-5-7-18(8-6-17)29-21(15-9-11-24-12-10-15)27-28-22(29)32-14-20(31)26-25-13-16-3-1-2-4-19(16)30/h1-13,30H,14H2,(H,26,31)/b25-13-. The third-order valence-electron chi connectivity index (χ3n) is 4.32. The molecular weight excluding hydrogens is 492 g/mol. The molecule has 8 nitrogen and oxygen atoms in total. The van der Waals surface area contributed by atoms with Crippen molar-refractivity contribution in [2.45, 2.75) is 5.16 Å². The second-order valence-corrected chi connectivity index (χ2v) is 8.35. The summed E-state index contributed by atoms with van der Waals surface area (Å²) in [5.74, 6) is 0.516. The van der Waals surface area contributed by atoms with Crippen molar-refractivity contribution >= 4 is 39.8 Å². The van der Waals surface area contributed by atoms with Crippen molar-refractivity contribution in [1.82, 2.24) is 25.2 Å². The maximum Gasteiger partial charge on any atom is 0.250 e. The number of nitrogens with one attached hydrogen (secondary N) is 1. The first-order valence-electron chi connectivity index (χ1n) is 9.46. The summed E-state index contributed by atoms with van der Waals surface area (Å²) in [5, 5.41) is 22.9. The Balaban J connectivity index is 1.51. The Hall–Kier alpha value is -3.50. The lowest BCUT2D eigenvalue weighted by molar-refractivity contribution is -0.118. The molecule has 0 bridgehead atoms. The van der Waals surface area contributed by atoms with E-state index >= 15 is 0 Å². The van der Waals surface area contributed by atoms with Gasteiger partial charge in [0.15, 0.2) is 11.0 Å². The van der Waals surface area contributed by atoms with Gasteiger partial charge in [-0.2, -0.15) is 5.10 Å². The fourth-order valence-corrected chi connectivity index (χ4v) is 3.82. The van der Waals surface area contributed by atoms with Gasteiger partial charge in [0, 0.05) is 33.7 Å². The Labute approximate surface area is 196 Å². The number of phenolic OH excluding ortho intramolecular Hbond substituents is 1. The fraction of sp³-hybridized carbons (Fsp3) is 0.0455. The number of aromatic hydroxyl groups is 1. The summed E-state index contributed by atoms with van der Waals surface area (Å²) in [4.78, 5) is 16.3. The van der Waals surface area contributed by atoms with Gasteiger partial charge in [0.05, 0.1) is 12.0 Å². The number of pyridine rings is 1. The number of nitrogens with zero attached hydrogens (tertiary/aromatic N) is 5. The Morgan fingerprint density at radius 3 is 2.59 bits per heavy atom. The molecule has 4 aromatic rings. The van der Waals surface area contributed by atoms with Crippen molar-refractivity contribution in [3.63, 3.8) is 0 Å². The van der Waals surface area contributed by atoms with Gasteiger partial charge in [-0.1, -0.05) is 39.8 Å². The van der Waals surface area contributed by atoms with E-state index in [0.717, 1.165) is 15.7 Å². The molecule has 2 aromatic carbocycles. The highest BCUT2D eigenvalue weighted by Gasteiger charge is 2.17. The van der Waals surface area contributed by atoms with E-state index in [-0.39, 0.29) is 17.4 Å². The highest BCUT2D eigenvalue weighted by atomic mass is 79.9.